The summed E-state index contributed by atoms with van der Waals surface area (Å²) < 4.78 is 0. The zero-order valence-corrected chi connectivity index (χ0v) is 13.8. The molecule has 0 heterocycles. The van der Waals surface area contributed by atoms with Gasteiger partial charge in [0.15, 0.2) is 0 Å². The molecule has 3 unspecified atom stereocenters. The lowest BCUT2D eigenvalue weighted by molar-refractivity contribution is -0.139. The maximum Gasteiger partial charge on any atom is 0.322 e. The van der Waals surface area contributed by atoms with Gasteiger partial charge in [-0.3, -0.25) is 24.0 Å². The van der Waals surface area contributed by atoms with E-state index in [0.29, 0.717) is 0 Å². The summed E-state index contributed by atoms with van der Waals surface area (Å²) in [4.78, 5) is 56.5. The fourth-order valence-corrected chi connectivity index (χ4v) is 1.65. The van der Waals surface area contributed by atoms with Crippen molar-refractivity contribution in [3.05, 3.63) is 0 Å². The van der Waals surface area contributed by atoms with Crippen molar-refractivity contribution in [2.75, 3.05) is 19.8 Å². The van der Waals surface area contributed by atoms with E-state index in [-0.39, 0.29) is 12.8 Å². The van der Waals surface area contributed by atoms with Crippen molar-refractivity contribution < 1.29 is 39.3 Å². The number of hydrogen-bond acceptors (Lipinski definition) is 8. The predicted molar refractivity (Wildman–Crippen MR) is 85.1 cm³/mol. The third-order valence-electron chi connectivity index (χ3n) is 3.08. The minimum Gasteiger partial charge on any atom is -0.480 e. The van der Waals surface area contributed by atoms with E-state index in [1.54, 1.807) is 0 Å². The third-order valence-corrected chi connectivity index (χ3v) is 3.08. The van der Waals surface area contributed by atoms with E-state index in [2.05, 4.69) is 10.6 Å². The summed E-state index contributed by atoms with van der Waals surface area (Å²) in [5.74, 6) is -4.80. The Hall–Kier alpha value is -2.77. The molecule has 3 atom stereocenters. The van der Waals surface area contributed by atoms with E-state index in [9.17, 15) is 29.1 Å². The number of rotatable bonds is 12. The quantitative estimate of drug-likeness (QED) is 0.162. The molecule has 0 saturated heterocycles. The van der Waals surface area contributed by atoms with Crippen LogP contribution in [0.15, 0.2) is 0 Å². The maximum atomic E-state index is 12.0. The molecule has 0 fully saturated rings. The molecule has 0 saturated carbocycles. The smallest absolute Gasteiger partial charge is 0.322 e. The molecule has 0 rings (SSSR count). The lowest BCUT2D eigenvalue weighted by Crippen LogP contribution is -2.58. The van der Waals surface area contributed by atoms with Crippen molar-refractivity contribution in [1.82, 2.24) is 16.0 Å². The van der Waals surface area contributed by atoms with E-state index in [1.165, 1.54) is 0 Å². The first-order valence-corrected chi connectivity index (χ1v) is 7.48. The van der Waals surface area contributed by atoms with Crippen molar-refractivity contribution in [2.45, 2.75) is 31.0 Å². The zero-order valence-electron chi connectivity index (χ0n) is 13.8. The van der Waals surface area contributed by atoms with E-state index in [4.69, 9.17) is 21.7 Å². The van der Waals surface area contributed by atoms with Gasteiger partial charge >= 0.3 is 5.97 Å². The Balaban J connectivity index is 4.70. The van der Waals surface area contributed by atoms with Crippen molar-refractivity contribution >= 4 is 29.6 Å². The van der Waals surface area contributed by atoms with Crippen LogP contribution in [0, 0.1) is 0 Å². The van der Waals surface area contributed by atoms with Crippen LogP contribution >= 0.6 is 0 Å². The van der Waals surface area contributed by atoms with E-state index in [1.807, 2.05) is 5.32 Å². The highest BCUT2D eigenvalue weighted by Gasteiger charge is 2.27. The summed E-state index contributed by atoms with van der Waals surface area (Å²) in [7, 11) is 0. The summed E-state index contributed by atoms with van der Waals surface area (Å²) in [6.45, 7) is -2.41. The third kappa shape index (κ3) is 8.91. The van der Waals surface area contributed by atoms with Crippen molar-refractivity contribution in [3.63, 3.8) is 0 Å². The number of carboxylic acids is 1. The second-order valence-electron chi connectivity index (χ2n) is 5.21. The number of aliphatic hydroxyl groups excluding tert-OH is 2. The first-order chi connectivity index (χ1) is 12.1. The number of nitrogens with one attached hydrogen (secondary N) is 3. The van der Waals surface area contributed by atoms with Gasteiger partial charge in [0.05, 0.1) is 19.3 Å². The molecular formula is C13H23N5O8. The summed E-state index contributed by atoms with van der Waals surface area (Å²) in [6, 6.07) is -4.13. The van der Waals surface area contributed by atoms with Gasteiger partial charge in [0.1, 0.15) is 18.6 Å². The molecule has 13 nitrogen and oxygen atoms in total. The fraction of sp³-hybridized carbons (Fsp3) is 0.615. The highest BCUT2D eigenvalue weighted by atomic mass is 16.4. The largest absolute Gasteiger partial charge is 0.480 e. The average Bonchev–Trinajstić information content (AvgIpc) is 2.59. The molecule has 0 aromatic rings. The number of carboxylic acid groups (broad SMARTS) is 1. The van der Waals surface area contributed by atoms with Crippen LogP contribution in [0.25, 0.3) is 0 Å². The van der Waals surface area contributed by atoms with E-state index in [0.717, 1.165) is 0 Å². The number of aliphatic carboxylic acids is 1. The Morgan fingerprint density at radius 2 is 1.38 bits per heavy atom. The van der Waals surface area contributed by atoms with Crippen molar-refractivity contribution in [3.8, 4) is 0 Å². The second kappa shape index (κ2) is 11.7. The molecular weight excluding hydrogens is 354 g/mol. The maximum absolute atomic E-state index is 12.0. The molecule has 0 aromatic heterocycles. The SMILES string of the molecule is NC(=O)CCC(N)C(=O)NC(CO)C(=O)NC(CO)C(=O)NCC(=O)O. The van der Waals surface area contributed by atoms with E-state index < -0.39 is 67.5 Å². The Morgan fingerprint density at radius 1 is 0.885 bits per heavy atom. The van der Waals surface area contributed by atoms with Crippen LogP contribution in [-0.4, -0.2) is 82.8 Å². The van der Waals surface area contributed by atoms with Crippen LogP contribution in [0.4, 0.5) is 0 Å². The molecule has 0 aliphatic carbocycles. The van der Waals surface area contributed by atoms with Gasteiger partial charge in [-0.05, 0) is 6.42 Å². The average molecular weight is 377 g/mol. The van der Waals surface area contributed by atoms with Crippen LogP contribution in [0.3, 0.4) is 0 Å². The first-order valence-electron chi connectivity index (χ1n) is 7.48. The van der Waals surface area contributed by atoms with Gasteiger partial charge in [0.2, 0.25) is 23.6 Å². The summed E-state index contributed by atoms with van der Waals surface area (Å²) in [5.41, 5.74) is 10.4. The highest BCUT2D eigenvalue weighted by Crippen LogP contribution is 1.96. The number of carbonyl (C=O) groups is 5. The zero-order chi connectivity index (χ0) is 20.3. The lowest BCUT2D eigenvalue weighted by Gasteiger charge is -2.21. The molecule has 148 valence electrons. The number of primary amides is 1. The second-order valence-corrected chi connectivity index (χ2v) is 5.21. The minimum atomic E-state index is -1.49. The van der Waals surface area contributed by atoms with Gasteiger partial charge in [-0.15, -0.1) is 0 Å². The van der Waals surface area contributed by atoms with Crippen LogP contribution in [0.1, 0.15) is 12.8 Å². The predicted octanol–water partition coefficient (Wildman–Crippen LogP) is -5.27. The van der Waals surface area contributed by atoms with Gasteiger partial charge in [-0.1, -0.05) is 0 Å². The van der Waals surface area contributed by atoms with Crippen LogP contribution in [0.5, 0.6) is 0 Å². The Labute approximate surface area is 148 Å². The summed E-state index contributed by atoms with van der Waals surface area (Å²) in [6.07, 6.45) is -0.224. The number of carbonyl (C=O) groups excluding carboxylic acids is 4. The van der Waals surface area contributed by atoms with Gasteiger partial charge in [-0.25, -0.2) is 0 Å². The Bertz CT molecular complexity index is 541. The highest BCUT2D eigenvalue weighted by molar-refractivity contribution is 5.93. The van der Waals surface area contributed by atoms with Crippen LogP contribution in [-0.2, 0) is 24.0 Å². The summed E-state index contributed by atoms with van der Waals surface area (Å²) in [5, 5.41) is 32.9. The van der Waals surface area contributed by atoms with Gasteiger partial charge in [0.25, 0.3) is 0 Å². The Morgan fingerprint density at radius 3 is 1.85 bits per heavy atom. The van der Waals surface area contributed by atoms with Crippen molar-refractivity contribution in [1.29, 1.82) is 0 Å². The molecule has 0 aliphatic heterocycles. The molecule has 0 spiro atoms. The van der Waals surface area contributed by atoms with Gasteiger partial charge in [-0.2, -0.15) is 0 Å². The van der Waals surface area contributed by atoms with Crippen molar-refractivity contribution in [2.24, 2.45) is 11.5 Å². The molecule has 4 amide bonds. The van der Waals surface area contributed by atoms with Crippen LogP contribution < -0.4 is 27.4 Å². The number of hydrogen-bond donors (Lipinski definition) is 8. The monoisotopic (exact) mass is 377 g/mol. The fourth-order valence-electron chi connectivity index (χ4n) is 1.65. The van der Waals surface area contributed by atoms with Gasteiger partial charge < -0.3 is 42.7 Å². The topological polar surface area (TPSA) is 234 Å². The molecule has 0 aromatic carbocycles. The first kappa shape index (κ1) is 23.2. The lowest BCUT2D eigenvalue weighted by atomic mass is 10.1. The molecule has 13 heteroatoms. The molecule has 0 radical (unpaired) electrons. The minimum absolute atomic E-state index is 0.0716. The normalized spacial score (nSPS) is 13.8. The molecule has 0 aliphatic rings. The standard InChI is InChI=1S/C13H23N5O8/c14-6(1-2-9(15)21)11(24)17-8(5-20)13(26)18-7(4-19)12(25)16-3-10(22)23/h6-8,19-20H,1-5,14H2,(H2,15,21)(H,16,25)(H,17,24)(H,18,26)(H,22,23). The number of amides is 4. The molecule has 10 N–H and O–H groups in total. The Kier molecular flexibility index (Phi) is 10.5. The van der Waals surface area contributed by atoms with E-state index >= 15 is 0 Å². The number of aliphatic hydroxyl groups is 2. The molecule has 0 bridgehead atoms. The summed E-state index contributed by atoms with van der Waals surface area (Å²) >= 11 is 0. The van der Waals surface area contributed by atoms with Crippen LogP contribution in [0.2, 0.25) is 0 Å². The van der Waals surface area contributed by atoms with Gasteiger partial charge in [0, 0.05) is 6.42 Å². The molecule has 26 heavy (non-hydrogen) atoms. The number of nitrogens with two attached hydrogens (primary N) is 2.